The van der Waals surface area contributed by atoms with Gasteiger partial charge in [0.1, 0.15) is 5.75 Å². The Kier molecular flexibility index (Phi) is 6.84. The summed E-state index contributed by atoms with van der Waals surface area (Å²) in [5, 5.41) is 0.869. The SMILES string of the molecule is CC(Oc1ccc(Cl)cc1Cl)C(=O)N1CCCC(C(=O)N2CCOCC2)C1. The normalized spacial score (nSPS) is 21.7. The summed E-state index contributed by atoms with van der Waals surface area (Å²) in [6, 6.07) is 4.89. The van der Waals surface area contributed by atoms with Crippen molar-refractivity contribution in [3.63, 3.8) is 0 Å². The summed E-state index contributed by atoms with van der Waals surface area (Å²) in [5.74, 6) is 0.234. The molecule has 2 heterocycles. The molecule has 2 amide bonds. The first-order valence-electron chi connectivity index (χ1n) is 9.22. The highest BCUT2D eigenvalue weighted by molar-refractivity contribution is 6.35. The fourth-order valence-electron chi connectivity index (χ4n) is 3.49. The molecule has 1 aromatic rings. The van der Waals surface area contributed by atoms with Gasteiger partial charge < -0.3 is 19.3 Å². The number of benzene rings is 1. The third-order valence-electron chi connectivity index (χ3n) is 4.95. The number of morpholine rings is 1. The topological polar surface area (TPSA) is 59.1 Å². The second kappa shape index (κ2) is 9.13. The summed E-state index contributed by atoms with van der Waals surface area (Å²) >= 11 is 12.0. The maximum absolute atomic E-state index is 12.8. The molecule has 3 rings (SSSR count). The van der Waals surface area contributed by atoms with Gasteiger partial charge in [0.05, 0.1) is 24.2 Å². The molecular weight excluding hydrogens is 391 g/mol. The van der Waals surface area contributed by atoms with Crippen LogP contribution in [0.5, 0.6) is 5.75 Å². The van der Waals surface area contributed by atoms with Crippen LogP contribution in [0.25, 0.3) is 0 Å². The van der Waals surface area contributed by atoms with E-state index in [1.54, 1.807) is 30.0 Å². The van der Waals surface area contributed by atoms with E-state index >= 15 is 0 Å². The zero-order chi connectivity index (χ0) is 19.4. The highest BCUT2D eigenvalue weighted by atomic mass is 35.5. The van der Waals surface area contributed by atoms with Gasteiger partial charge in [-0.2, -0.15) is 0 Å². The van der Waals surface area contributed by atoms with E-state index in [1.165, 1.54) is 0 Å². The Morgan fingerprint density at radius 3 is 2.63 bits per heavy atom. The van der Waals surface area contributed by atoms with Gasteiger partial charge in [0, 0.05) is 31.2 Å². The lowest BCUT2D eigenvalue weighted by Crippen LogP contribution is -2.51. The minimum absolute atomic E-state index is 0.116. The van der Waals surface area contributed by atoms with Crippen molar-refractivity contribution in [1.82, 2.24) is 9.80 Å². The Bertz CT molecular complexity index is 694. The molecule has 2 atom stereocenters. The van der Waals surface area contributed by atoms with E-state index in [-0.39, 0.29) is 17.7 Å². The molecule has 1 aromatic carbocycles. The summed E-state index contributed by atoms with van der Waals surface area (Å²) in [6.07, 6.45) is 0.917. The van der Waals surface area contributed by atoms with Crippen LogP contribution < -0.4 is 4.74 Å². The van der Waals surface area contributed by atoms with Crippen LogP contribution in [-0.4, -0.2) is 67.1 Å². The standard InChI is InChI=1S/C19H24Cl2N2O4/c1-13(27-17-5-4-15(20)11-16(17)21)18(24)23-6-2-3-14(12-23)19(25)22-7-9-26-10-8-22/h4-5,11,13-14H,2-3,6-10,12H2,1H3. The number of halogens is 2. The maximum Gasteiger partial charge on any atom is 0.263 e. The van der Waals surface area contributed by atoms with Gasteiger partial charge in [-0.1, -0.05) is 23.2 Å². The number of nitrogens with zero attached hydrogens (tertiary/aromatic N) is 2. The van der Waals surface area contributed by atoms with Crippen molar-refractivity contribution in [3.05, 3.63) is 28.2 Å². The summed E-state index contributed by atoms with van der Waals surface area (Å²) < 4.78 is 11.0. The Hall–Kier alpha value is -1.50. The number of piperidine rings is 1. The molecule has 8 heteroatoms. The van der Waals surface area contributed by atoms with E-state index in [1.807, 2.05) is 4.90 Å². The summed E-state index contributed by atoms with van der Waals surface area (Å²) in [4.78, 5) is 29.1. The molecule has 0 spiro atoms. The number of hydrogen-bond acceptors (Lipinski definition) is 4. The van der Waals surface area contributed by atoms with Crippen LogP contribution >= 0.6 is 23.2 Å². The second-order valence-corrected chi connectivity index (χ2v) is 7.74. The van der Waals surface area contributed by atoms with Crippen LogP contribution in [0.15, 0.2) is 18.2 Å². The smallest absolute Gasteiger partial charge is 0.263 e. The van der Waals surface area contributed by atoms with Crippen LogP contribution in [0.2, 0.25) is 10.0 Å². The van der Waals surface area contributed by atoms with Crippen LogP contribution in [0.4, 0.5) is 0 Å². The van der Waals surface area contributed by atoms with E-state index in [2.05, 4.69) is 0 Å². The average Bonchev–Trinajstić information content (AvgIpc) is 2.69. The third kappa shape index (κ3) is 5.06. The molecule has 0 N–H and O–H groups in total. The van der Waals surface area contributed by atoms with Crippen molar-refractivity contribution in [1.29, 1.82) is 0 Å². The molecule has 2 unspecified atom stereocenters. The Balaban J connectivity index is 1.59. The molecule has 6 nitrogen and oxygen atoms in total. The lowest BCUT2D eigenvalue weighted by Gasteiger charge is -2.37. The molecule has 0 aromatic heterocycles. The summed E-state index contributed by atoms with van der Waals surface area (Å²) in [6.45, 7) is 5.16. The van der Waals surface area contributed by atoms with E-state index in [0.29, 0.717) is 55.2 Å². The molecule has 0 saturated carbocycles. The number of amides is 2. The van der Waals surface area contributed by atoms with Gasteiger partial charge in [0.25, 0.3) is 5.91 Å². The fourth-order valence-corrected chi connectivity index (χ4v) is 3.94. The number of rotatable bonds is 4. The summed E-state index contributed by atoms with van der Waals surface area (Å²) in [5.41, 5.74) is 0. The Labute approximate surface area is 169 Å². The predicted molar refractivity (Wildman–Crippen MR) is 103 cm³/mol. The predicted octanol–water partition coefficient (Wildman–Crippen LogP) is 2.86. The first-order chi connectivity index (χ1) is 13.0. The Morgan fingerprint density at radius 1 is 1.19 bits per heavy atom. The first-order valence-corrected chi connectivity index (χ1v) is 9.98. The lowest BCUT2D eigenvalue weighted by atomic mass is 9.96. The summed E-state index contributed by atoms with van der Waals surface area (Å²) in [7, 11) is 0. The zero-order valence-electron chi connectivity index (χ0n) is 15.3. The highest BCUT2D eigenvalue weighted by Crippen LogP contribution is 2.29. The van der Waals surface area contributed by atoms with E-state index in [0.717, 1.165) is 12.8 Å². The first kappa shape index (κ1) is 20.2. The quantitative estimate of drug-likeness (QED) is 0.759. The van der Waals surface area contributed by atoms with Crippen molar-refractivity contribution < 1.29 is 19.1 Å². The molecule has 2 fully saturated rings. The van der Waals surface area contributed by atoms with Crippen LogP contribution in [0, 0.1) is 5.92 Å². The molecule has 0 aliphatic carbocycles. The van der Waals surface area contributed by atoms with Gasteiger partial charge in [-0.25, -0.2) is 0 Å². The number of carbonyl (C=O) groups is 2. The number of hydrogen-bond donors (Lipinski definition) is 0. The zero-order valence-corrected chi connectivity index (χ0v) is 16.8. The van der Waals surface area contributed by atoms with Crippen molar-refractivity contribution >= 4 is 35.0 Å². The van der Waals surface area contributed by atoms with Crippen LogP contribution in [0.3, 0.4) is 0 Å². The fraction of sp³-hybridized carbons (Fsp3) is 0.579. The van der Waals surface area contributed by atoms with Crippen molar-refractivity contribution in [2.45, 2.75) is 25.9 Å². The van der Waals surface area contributed by atoms with Crippen molar-refractivity contribution in [3.8, 4) is 5.75 Å². The maximum atomic E-state index is 12.8. The molecule has 27 heavy (non-hydrogen) atoms. The van der Waals surface area contributed by atoms with Gasteiger partial charge in [-0.05, 0) is 38.0 Å². The average molecular weight is 415 g/mol. The van der Waals surface area contributed by atoms with Gasteiger partial charge >= 0.3 is 0 Å². The number of carbonyl (C=O) groups excluding carboxylic acids is 2. The van der Waals surface area contributed by atoms with Crippen molar-refractivity contribution in [2.24, 2.45) is 5.92 Å². The highest BCUT2D eigenvalue weighted by Gasteiger charge is 2.33. The Morgan fingerprint density at radius 2 is 1.93 bits per heavy atom. The lowest BCUT2D eigenvalue weighted by molar-refractivity contribution is -0.146. The van der Waals surface area contributed by atoms with E-state index in [4.69, 9.17) is 32.7 Å². The largest absolute Gasteiger partial charge is 0.479 e. The van der Waals surface area contributed by atoms with Gasteiger partial charge in [-0.3, -0.25) is 9.59 Å². The van der Waals surface area contributed by atoms with Gasteiger partial charge in [0.2, 0.25) is 5.91 Å². The molecule has 148 valence electrons. The molecule has 2 saturated heterocycles. The van der Waals surface area contributed by atoms with Crippen LogP contribution in [-0.2, 0) is 14.3 Å². The monoisotopic (exact) mass is 414 g/mol. The molecule has 0 bridgehead atoms. The molecule has 2 aliphatic rings. The van der Waals surface area contributed by atoms with Crippen molar-refractivity contribution in [2.75, 3.05) is 39.4 Å². The molecule has 2 aliphatic heterocycles. The van der Waals surface area contributed by atoms with Gasteiger partial charge in [0.15, 0.2) is 6.10 Å². The molecule has 0 radical (unpaired) electrons. The number of likely N-dealkylation sites (tertiary alicyclic amines) is 1. The minimum atomic E-state index is -0.694. The van der Waals surface area contributed by atoms with E-state index in [9.17, 15) is 9.59 Å². The van der Waals surface area contributed by atoms with Crippen LogP contribution in [0.1, 0.15) is 19.8 Å². The second-order valence-electron chi connectivity index (χ2n) is 6.90. The number of ether oxygens (including phenoxy) is 2. The van der Waals surface area contributed by atoms with E-state index < -0.39 is 6.10 Å². The molecular formula is C19H24Cl2N2O4. The minimum Gasteiger partial charge on any atom is -0.479 e. The third-order valence-corrected chi connectivity index (χ3v) is 5.48. The van der Waals surface area contributed by atoms with Gasteiger partial charge in [-0.15, -0.1) is 0 Å².